The zero-order chi connectivity index (χ0) is 11.5. The van der Waals surface area contributed by atoms with Gasteiger partial charge < -0.3 is 10.1 Å². The minimum Gasteiger partial charge on any atom is -0.382 e. The Morgan fingerprint density at radius 3 is 2.73 bits per heavy atom. The van der Waals surface area contributed by atoms with Crippen molar-refractivity contribution in [1.29, 1.82) is 0 Å². The van der Waals surface area contributed by atoms with E-state index in [-0.39, 0.29) is 5.54 Å². The summed E-state index contributed by atoms with van der Waals surface area (Å²) in [5.41, 5.74) is -0.0443. The van der Waals surface area contributed by atoms with Crippen LogP contribution in [0.25, 0.3) is 0 Å². The Morgan fingerprint density at radius 1 is 1.53 bits per heavy atom. The molecular weight excluding hydrogens is 208 g/mol. The lowest BCUT2D eigenvalue weighted by atomic mass is 10.1. The van der Waals surface area contributed by atoms with Crippen LogP contribution in [0.1, 0.15) is 34.1 Å². The second-order valence-corrected chi connectivity index (χ2v) is 6.32. The minimum absolute atomic E-state index is 0.0443. The molecule has 0 saturated carbocycles. The molecule has 4 heteroatoms. The van der Waals surface area contributed by atoms with E-state index in [1.807, 2.05) is 11.8 Å². The summed E-state index contributed by atoms with van der Waals surface area (Å²) in [5.74, 6) is 0. The van der Waals surface area contributed by atoms with E-state index in [9.17, 15) is 0 Å². The highest BCUT2D eigenvalue weighted by molar-refractivity contribution is 8.14. The molecule has 0 radical (unpaired) electrons. The Kier molecular flexibility index (Phi) is 4.46. The third kappa shape index (κ3) is 4.43. The van der Waals surface area contributed by atoms with E-state index < -0.39 is 0 Å². The summed E-state index contributed by atoms with van der Waals surface area (Å²) in [6, 6.07) is 0.432. The summed E-state index contributed by atoms with van der Waals surface area (Å²) in [6.45, 7) is 9.37. The molecule has 88 valence electrons. The van der Waals surface area contributed by atoms with E-state index in [4.69, 9.17) is 4.74 Å². The van der Waals surface area contributed by atoms with Crippen molar-refractivity contribution < 1.29 is 4.74 Å². The number of hydrogen-bond donors (Lipinski definition) is 1. The fourth-order valence-corrected chi connectivity index (χ4v) is 3.08. The molecule has 0 amide bonds. The van der Waals surface area contributed by atoms with Gasteiger partial charge in [0.05, 0.1) is 18.2 Å². The monoisotopic (exact) mass is 230 g/mol. The molecular formula is C11H22N2OS. The normalized spacial score (nSPS) is 27.4. The molecule has 0 saturated heterocycles. The molecule has 1 aliphatic rings. The van der Waals surface area contributed by atoms with Gasteiger partial charge in [0.1, 0.15) is 0 Å². The SMILES string of the molecule is COCC(C)(C)NC1=NC(C)CC(C)S1. The highest BCUT2D eigenvalue weighted by atomic mass is 32.2. The van der Waals surface area contributed by atoms with Crippen molar-refractivity contribution in [2.45, 2.75) is 50.9 Å². The smallest absolute Gasteiger partial charge is 0.157 e. The highest BCUT2D eigenvalue weighted by Crippen LogP contribution is 2.24. The zero-order valence-corrected chi connectivity index (χ0v) is 11.1. The summed E-state index contributed by atoms with van der Waals surface area (Å²) < 4.78 is 5.18. The fourth-order valence-electron chi connectivity index (χ4n) is 1.75. The number of methoxy groups -OCH3 is 1. The molecule has 0 bridgehead atoms. The van der Waals surface area contributed by atoms with Crippen molar-refractivity contribution in [2.75, 3.05) is 13.7 Å². The summed E-state index contributed by atoms with van der Waals surface area (Å²) in [6.07, 6.45) is 1.17. The number of nitrogens with zero attached hydrogens (tertiary/aromatic N) is 1. The Hall–Kier alpha value is -0.220. The second kappa shape index (κ2) is 5.21. The predicted octanol–water partition coefficient (Wildman–Crippen LogP) is 2.27. The third-order valence-electron chi connectivity index (χ3n) is 2.27. The van der Waals surface area contributed by atoms with Gasteiger partial charge >= 0.3 is 0 Å². The highest BCUT2D eigenvalue weighted by Gasteiger charge is 2.24. The number of ether oxygens (including phenoxy) is 1. The van der Waals surface area contributed by atoms with Crippen LogP contribution in [0.2, 0.25) is 0 Å². The first-order valence-corrected chi connectivity index (χ1v) is 6.32. The van der Waals surface area contributed by atoms with E-state index in [0.29, 0.717) is 17.9 Å². The van der Waals surface area contributed by atoms with Crippen molar-refractivity contribution in [3.05, 3.63) is 0 Å². The number of rotatable bonds is 3. The van der Waals surface area contributed by atoms with Gasteiger partial charge in [-0.05, 0) is 27.2 Å². The summed E-state index contributed by atoms with van der Waals surface area (Å²) in [4.78, 5) is 4.61. The maximum atomic E-state index is 5.18. The molecule has 15 heavy (non-hydrogen) atoms. The minimum atomic E-state index is -0.0443. The van der Waals surface area contributed by atoms with Crippen molar-refractivity contribution in [1.82, 2.24) is 5.32 Å². The molecule has 2 atom stereocenters. The molecule has 0 aromatic heterocycles. The number of thioether (sulfide) groups is 1. The van der Waals surface area contributed by atoms with Crippen LogP contribution < -0.4 is 5.32 Å². The van der Waals surface area contributed by atoms with E-state index in [2.05, 4.69) is 38.0 Å². The maximum absolute atomic E-state index is 5.18. The van der Waals surface area contributed by atoms with Gasteiger partial charge in [0.15, 0.2) is 5.17 Å². The Labute approximate surface area is 97.1 Å². The largest absolute Gasteiger partial charge is 0.382 e. The van der Waals surface area contributed by atoms with Crippen LogP contribution in [-0.4, -0.2) is 35.7 Å². The van der Waals surface area contributed by atoms with Gasteiger partial charge in [-0.2, -0.15) is 0 Å². The topological polar surface area (TPSA) is 33.6 Å². The lowest BCUT2D eigenvalue weighted by molar-refractivity contribution is 0.140. The van der Waals surface area contributed by atoms with Crippen LogP contribution in [0, 0.1) is 0 Å². The Bertz CT molecular complexity index is 241. The zero-order valence-electron chi connectivity index (χ0n) is 10.3. The number of aliphatic imine (C=N–C) groups is 1. The molecule has 1 N–H and O–H groups in total. The van der Waals surface area contributed by atoms with Crippen LogP contribution in [0.15, 0.2) is 4.99 Å². The van der Waals surface area contributed by atoms with Crippen molar-refractivity contribution in [2.24, 2.45) is 4.99 Å². The molecule has 0 spiro atoms. The summed E-state index contributed by atoms with van der Waals surface area (Å²) in [5, 5.41) is 5.15. The van der Waals surface area contributed by atoms with Gasteiger partial charge in [0.2, 0.25) is 0 Å². The standard InChI is InChI=1S/C11H22N2OS/c1-8-6-9(2)15-10(12-8)13-11(3,4)7-14-5/h8-9H,6-7H2,1-5H3,(H,12,13). The van der Waals surface area contributed by atoms with Gasteiger partial charge in [-0.15, -0.1) is 0 Å². The van der Waals surface area contributed by atoms with Gasteiger partial charge in [-0.1, -0.05) is 18.7 Å². The van der Waals surface area contributed by atoms with Crippen LogP contribution in [0.5, 0.6) is 0 Å². The second-order valence-electron chi connectivity index (χ2n) is 4.89. The summed E-state index contributed by atoms with van der Waals surface area (Å²) in [7, 11) is 1.73. The number of nitrogens with one attached hydrogen (secondary N) is 1. The molecule has 0 aromatic rings. The Balaban J connectivity index is 2.57. The fraction of sp³-hybridized carbons (Fsp3) is 0.909. The van der Waals surface area contributed by atoms with E-state index >= 15 is 0 Å². The molecule has 3 nitrogen and oxygen atoms in total. The molecule has 0 aliphatic carbocycles. The molecule has 0 fully saturated rings. The first-order valence-electron chi connectivity index (χ1n) is 5.44. The predicted molar refractivity (Wildman–Crippen MR) is 67.7 cm³/mol. The van der Waals surface area contributed by atoms with Crippen LogP contribution in [0.3, 0.4) is 0 Å². The quantitative estimate of drug-likeness (QED) is 0.807. The average Bonchev–Trinajstić information content (AvgIpc) is 1.99. The van der Waals surface area contributed by atoms with Crippen molar-refractivity contribution in [3.8, 4) is 0 Å². The summed E-state index contributed by atoms with van der Waals surface area (Å²) >= 11 is 1.83. The average molecular weight is 230 g/mol. The van der Waals surface area contributed by atoms with Crippen LogP contribution in [0.4, 0.5) is 0 Å². The lowest BCUT2D eigenvalue weighted by Gasteiger charge is -2.31. The first kappa shape index (κ1) is 12.8. The molecule has 2 unspecified atom stereocenters. The molecule has 1 heterocycles. The van der Waals surface area contributed by atoms with Gasteiger partial charge in [-0.25, -0.2) is 0 Å². The van der Waals surface area contributed by atoms with E-state index in [1.54, 1.807) is 7.11 Å². The third-order valence-corrected chi connectivity index (χ3v) is 3.30. The molecule has 0 aromatic carbocycles. The van der Waals surface area contributed by atoms with Crippen LogP contribution in [-0.2, 0) is 4.74 Å². The molecule has 1 rings (SSSR count). The first-order chi connectivity index (χ1) is 6.93. The van der Waals surface area contributed by atoms with Gasteiger partial charge in [0, 0.05) is 12.4 Å². The lowest BCUT2D eigenvalue weighted by Crippen LogP contribution is -2.47. The van der Waals surface area contributed by atoms with E-state index in [1.165, 1.54) is 6.42 Å². The van der Waals surface area contributed by atoms with Gasteiger partial charge in [0.25, 0.3) is 0 Å². The molecule has 1 aliphatic heterocycles. The Morgan fingerprint density at radius 2 is 2.20 bits per heavy atom. The number of amidine groups is 1. The maximum Gasteiger partial charge on any atom is 0.157 e. The van der Waals surface area contributed by atoms with Crippen molar-refractivity contribution >= 4 is 16.9 Å². The van der Waals surface area contributed by atoms with Crippen LogP contribution >= 0.6 is 11.8 Å². The van der Waals surface area contributed by atoms with Gasteiger partial charge in [-0.3, -0.25) is 4.99 Å². The van der Waals surface area contributed by atoms with E-state index in [0.717, 1.165) is 5.17 Å². The number of hydrogen-bond acceptors (Lipinski definition) is 4. The van der Waals surface area contributed by atoms with Crippen molar-refractivity contribution in [3.63, 3.8) is 0 Å².